The van der Waals surface area contributed by atoms with Gasteiger partial charge in [0.25, 0.3) is 0 Å². The number of aromatic nitrogens is 1. The highest BCUT2D eigenvalue weighted by Crippen LogP contribution is 2.32. The van der Waals surface area contributed by atoms with E-state index in [1.54, 1.807) is 11.3 Å². The van der Waals surface area contributed by atoms with Crippen molar-refractivity contribution in [3.63, 3.8) is 0 Å². The molecule has 0 bridgehead atoms. The van der Waals surface area contributed by atoms with E-state index < -0.39 is 0 Å². The number of ether oxygens (including phenoxy) is 2. The maximum Gasteiger partial charge on any atom is 0.234 e. The average Bonchev–Trinajstić information content (AvgIpc) is 3.23. The molecule has 1 aromatic heterocycles. The predicted octanol–water partition coefficient (Wildman–Crippen LogP) is 1.91. The smallest absolute Gasteiger partial charge is 0.234 e. The highest BCUT2D eigenvalue weighted by molar-refractivity contribution is 7.13. The van der Waals surface area contributed by atoms with Crippen LogP contribution in [0.1, 0.15) is 18.5 Å². The normalized spacial score (nSPS) is 18.2. The summed E-state index contributed by atoms with van der Waals surface area (Å²) in [5.41, 5.74) is 1.01. The summed E-state index contributed by atoms with van der Waals surface area (Å²) in [5, 5.41) is 6.14. The molecule has 1 atom stereocenters. The molecule has 3 heterocycles. The van der Waals surface area contributed by atoms with E-state index in [0.29, 0.717) is 19.8 Å². The van der Waals surface area contributed by atoms with Gasteiger partial charge in [0.2, 0.25) is 5.91 Å². The number of piperazine rings is 1. The number of hydrogen-bond donors (Lipinski definition) is 1. The van der Waals surface area contributed by atoms with Crippen molar-refractivity contribution in [2.24, 2.45) is 0 Å². The van der Waals surface area contributed by atoms with Gasteiger partial charge in [-0.05, 0) is 24.6 Å². The minimum Gasteiger partial charge on any atom is -0.486 e. The molecule has 1 unspecified atom stereocenters. The molecule has 0 radical (unpaired) electrons. The summed E-state index contributed by atoms with van der Waals surface area (Å²) in [5.74, 6) is 1.56. The molecule has 2 aromatic rings. The molecular formula is C19H24N4O3S. The first-order chi connectivity index (χ1) is 13.2. The summed E-state index contributed by atoms with van der Waals surface area (Å²) in [6.07, 6.45) is 1.83. The summed E-state index contributed by atoms with van der Waals surface area (Å²) < 4.78 is 11.2. The summed E-state index contributed by atoms with van der Waals surface area (Å²) in [7, 11) is 0. The Hall–Kier alpha value is -2.32. The second-order valence-corrected chi connectivity index (χ2v) is 7.64. The Morgan fingerprint density at radius 3 is 2.74 bits per heavy atom. The third kappa shape index (κ3) is 4.33. The summed E-state index contributed by atoms with van der Waals surface area (Å²) in [4.78, 5) is 21.3. The van der Waals surface area contributed by atoms with Crippen LogP contribution in [0.25, 0.3) is 0 Å². The fraction of sp³-hybridized carbons (Fsp3) is 0.474. The lowest BCUT2D eigenvalue weighted by Gasteiger charge is -2.34. The van der Waals surface area contributed by atoms with Crippen LogP contribution in [-0.2, 0) is 4.79 Å². The van der Waals surface area contributed by atoms with E-state index in [1.807, 2.05) is 36.7 Å². The van der Waals surface area contributed by atoms with Crippen LogP contribution >= 0.6 is 11.3 Å². The van der Waals surface area contributed by atoms with E-state index in [2.05, 4.69) is 20.1 Å². The zero-order valence-electron chi connectivity index (χ0n) is 15.4. The lowest BCUT2D eigenvalue weighted by atomic mass is 10.1. The maximum atomic E-state index is 12.5. The molecule has 27 heavy (non-hydrogen) atoms. The highest BCUT2D eigenvalue weighted by Gasteiger charge is 2.21. The average molecular weight is 388 g/mol. The van der Waals surface area contributed by atoms with Gasteiger partial charge in [0.05, 0.1) is 12.6 Å². The molecule has 2 aliphatic heterocycles. The minimum atomic E-state index is -0.0788. The number of fused-ring (bicyclic) bond motifs is 1. The summed E-state index contributed by atoms with van der Waals surface area (Å²) >= 11 is 1.66. The van der Waals surface area contributed by atoms with Crippen LogP contribution in [0.15, 0.2) is 29.8 Å². The van der Waals surface area contributed by atoms with Crippen molar-refractivity contribution < 1.29 is 14.3 Å². The van der Waals surface area contributed by atoms with Gasteiger partial charge >= 0.3 is 0 Å². The molecule has 0 spiro atoms. The molecule has 2 aliphatic rings. The van der Waals surface area contributed by atoms with Crippen molar-refractivity contribution in [2.75, 3.05) is 50.8 Å². The number of amides is 1. The van der Waals surface area contributed by atoms with Crippen molar-refractivity contribution in [2.45, 2.75) is 13.0 Å². The van der Waals surface area contributed by atoms with Gasteiger partial charge in [-0.25, -0.2) is 4.98 Å². The quantitative estimate of drug-likeness (QED) is 0.844. The number of benzene rings is 1. The molecule has 1 amide bonds. The van der Waals surface area contributed by atoms with Crippen LogP contribution in [0.4, 0.5) is 5.13 Å². The highest BCUT2D eigenvalue weighted by atomic mass is 32.1. The Morgan fingerprint density at radius 2 is 2.00 bits per heavy atom. The molecule has 4 rings (SSSR count). The molecule has 144 valence electrons. The van der Waals surface area contributed by atoms with Crippen LogP contribution in [0, 0.1) is 0 Å². The van der Waals surface area contributed by atoms with Crippen molar-refractivity contribution in [3.8, 4) is 11.5 Å². The van der Waals surface area contributed by atoms with Crippen LogP contribution in [0.5, 0.6) is 11.5 Å². The second kappa shape index (κ2) is 8.14. The van der Waals surface area contributed by atoms with Gasteiger partial charge in [0.15, 0.2) is 16.6 Å². The Balaban J connectivity index is 1.27. The van der Waals surface area contributed by atoms with Crippen LogP contribution < -0.4 is 19.7 Å². The Bertz CT molecular complexity index is 775. The maximum absolute atomic E-state index is 12.5. The second-order valence-electron chi connectivity index (χ2n) is 6.77. The molecule has 1 fully saturated rings. The van der Waals surface area contributed by atoms with Crippen LogP contribution in [-0.4, -0.2) is 61.7 Å². The van der Waals surface area contributed by atoms with E-state index in [0.717, 1.165) is 48.4 Å². The van der Waals surface area contributed by atoms with Crippen LogP contribution in [0.3, 0.4) is 0 Å². The van der Waals surface area contributed by atoms with Crippen molar-refractivity contribution >= 4 is 22.4 Å². The fourth-order valence-electron chi connectivity index (χ4n) is 3.37. The first-order valence-corrected chi connectivity index (χ1v) is 10.1. The number of carbonyl (C=O) groups excluding carboxylic acids is 1. The van der Waals surface area contributed by atoms with Gasteiger partial charge in [0.1, 0.15) is 13.2 Å². The first-order valence-electron chi connectivity index (χ1n) is 9.25. The number of thiazole rings is 1. The van der Waals surface area contributed by atoms with E-state index in [4.69, 9.17) is 9.47 Å². The third-order valence-electron chi connectivity index (χ3n) is 4.87. The van der Waals surface area contributed by atoms with Gasteiger partial charge in [-0.3, -0.25) is 9.69 Å². The first kappa shape index (κ1) is 18.1. The minimum absolute atomic E-state index is 0.0417. The molecular weight excluding hydrogens is 364 g/mol. The van der Waals surface area contributed by atoms with Crippen molar-refractivity contribution in [1.82, 2.24) is 15.2 Å². The van der Waals surface area contributed by atoms with Gasteiger partial charge in [0, 0.05) is 37.8 Å². The molecule has 0 aliphatic carbocycles. The number of hydrogen-bond acceptors (Lipinski definition) is 7. The number of nitrogens with zero attached hydrogens (tertiary/aromatic N) is 3. The Labute approximate surface area is 162 Å². The lowest BCUT2D eigenvalue weighted by molar-refractivity contribution is -0.123. The summed E-state index contributed by atoms with van der Waals surface area (Å²) in [6, 6.07) is 5.76. The monoisotopic (exact) mass is 388 g/mol. The van der Waals surface area contributed by atoms with Gasteiger partial charge < -0.3 is 19.7 Å². The summed E-state index contributed by atoms with van der Waals surface area (Å²) in [6.45, 7) is 7.08. The fourth-order valence-corrected chi connectivity index (χ4v) is 4.07. The van der Waals surface area contributed by atoms with Gasteiger partial charge in [-0.15, -0.1) is 11.3 Å². The molecule has 7 nitrogen and oxygen atoms in total. The third-order valence-corrected chi connectivity index (χ3v) is 5.71. The van der Waals surface area contributed by atoms with E-state index in [-0.39, 0.29) is 11.9 Å². The molecule has 0 saturated carbocycles. The van der Waals surface area contributed by atoms with Gasteiger partial charge in [-0.2, -0.15) is 0 Å². The zero-order chi connectivity index (χ0) is 18.6. The lowest BCUT2D eigenvalue weighted by Crippen LogP contribution is -2.49. The van der Waals surface area contributed by atoms with Crippen molar-refractivity contribution in [3.05, 3.63) is 35.3 Å². The molecule has 1 aromatic carbocycles. The van der Waals surface area contributed by atoms with E-state index in [1.165, 1.54) is 0 Å². The Kier molecular flexibility index (Phi) is 5.45. The van der Waals surface area contributed by atoms with Crippen molar-refractivity contribution in [1.29, 1.82) is 0 Å². The number of carbonyl (C=O) groups is 1. The SMILES string of the molecule is CC(NC(=O)CN1CCN(c2nccs2)CC1)c1ccc2c(c1)OCCO2. The largest absolute Gasteiger partial charge is 0.486 e. The number of anilines is 1. The molecule has 1 N–H and O–H groups in total. The van der Waals surface area contributed by atoms with Gasteiger partial charge in [-0.1, -0.05) is 6.07 Å². The standard InChI is InChI=1S/C19H24N4O3S/c1-14(15-2-3-16-17(12-15)26-10-9-25-16)21-18(24)13-22-5-7-23(8-6-22)19-20-4-11-27-19/h2-4,11-12,14H,5-10,13H2,1H3,(H,21,24). The number of rotatable bonds is 5. The number of nitrogens with one attached hydrogen (secondary N) is 1. The molecule has 8 heteroatoms. The topological polar surface area (TPSA) is 66.9 Å². The Morgan fingerprint density at radius 1 is 1.22 bits per heavy atom. The predicted molar refractivity (Wildman–Crippen MR) is 105 cm³/mol. The van der Waals surface area contributed by atoms with E-state index in [9.17, 15) is 4.79 Å². The van der Waals surface area contributed by atoms with Crippen LogP contribution in [0.2, 0.25) is 0 Å². The van der Waals surface area contributed by atoms with E-state index >= 15 is 0 Å². The zero-order valence-corrected chi connectivity index (χ0v) is 16.2. The molecule has 1 saturated heterocycles.